The summed E-state index contributed by atoms with van der Waals surface area (Å²) in [5.41, 5.74) is 0.700. The fraction of sp³-hybridized carbons (Fsp3) is 0.625. The smallest absolute Gasteiger partial charge is 0.119 e. The van der Waals surface area contributed by atoms with Crippen molar-refractivity contribution in [1.82, 2.24) is 5.32 Å². The molecule has 114 valence electrons. The molecule has 20 heavy (non-hydrogen) atoms. The molecule has 1 aromatic carbocycles. The van der Waals surface area contributed by atoms with Crippen LogP contribution in [0.25, 0.3) is 0 Å². The molecule has 0 amide bonds. The molecule has 0 spiro atoms. The lowest BCUT2D eigenvalue weighted by Crippen LogP contribution is -2.29. The molecule has 0 aliphatic carbocycles. The minimum absolute atomic E-state index is 0.358. The molecule has 4 nitrogen and oxygen atoms in total. The fourth-order valence-electron chi connectivity index (χ4n) is 2.02. The van der Waals surface area contributed by atoms with Crippen molar-refractivity contribution in [2.45, 2.75) is 44.8 Å². The van der Waals surface area contributed by atoms with Crippen molar-refractivity contribution >= 4 is 0 Å². The number of aliphatic hydroxyl groups excluding tert-OH is 2. The van der Waals surface area contributed by atoms with Gasteiger partial charge in [0.1, 0.15) is 11.9 Å². The summed E-state index contributed by atoms with van der Waals surface area (Å²) in [4.78, 5) is 0. The van der Waals surface area contributed by atoms with Gasteiger partial charge in [-0.3, -0.25) is 0 Å². The quantitative estimate of drug-likeness (QED) is 0.576. The Morgan fingerprint density at radius 3 is 2.40 bits per heavy atom. The van der Waals surface area contributed by atoms with Crippen molar-refractivity contribution in [3.63, 3.8) is 0 Å². The summed E-state index contributed by atoms with van der Waals surface area (Å²) < 4.78 is 5.64. The van der Waals surface area contributed by atoms with Gasteiger partial charge < -0.3 is 20.3 Å². The van der Waals surface area contributed by atoms with E-state index in [2.05, 4.69) is 12.2 Å². The van der Waals surface area contributed by atoms with Gasteiger partial charge in [-0.15, -0.1) is 0 Å². The summed E-state index contributed by atoms with van der Waals surface area (Å²) in [6.07, 6.45) is 3.06. The Hall–Kier alpha value is -1.10. The highest BCUT2D eigenvalue weighted by Gasteiger charge is 2.17. The number of ether oxygens (including phenoxy) is 1. The van der Waals surface area contributed by atoms with Crippen LogP contribution in [-0.4, -0.2) is 36.5 Å². The zero-order valence-electron chi connectivity index (χ0n) is 12.5. The van der Waals surface area contributed by atoms with E-state index in [1.165, 1.54) is 19.3 Å². The van der Waals surface area contributed by atoms with Gasteiger partial charge in [-0.25, -0.2) is 0 Å². The summed E-state index contributed by atoms with van der Waals surface area (Å²) >= 11 is 0. The number of unbranched alkanes of at least 4 members (excludes halogenated alkanes) is 3. The van der Waals surface area contributed by atoms with E-state index in [9.17, 15) is 10.2 Å². The van der Waals surface area contributed by atoms with Crippen LogP contribution in [0.3, 0.4) is 0 Å². The fourth-order valence-corrected chi connectivity index (χ4v) is 2.02. The number of aliphatic hydroxyl groups is 2. The van der Waals surface area contributed by atoms with Gasteiger partial charge in [0.05, 0.1) is 12.7 Å². The highest BCUT2D eigenvalue weighted by atomic mass is 16.5. The molecule has 1 rings (SSSR count). The van der Waals surface area contributed by atoms with Crippen molar-refractivity contribution in [2.75, 3.05) is 20.2 Å². The third-order valence-corrected chi connectivity index (χ3v) is 3.27. The average molecular weight is 281 g/mol. The van der Waals surface area contributed by atoms with E-state index in [-0.39, 0.29) is 0 Å². The zero-order valence-corrected chi connectivity index (χ0v) is 12.5. The third-order valence-electron chi connectivity index (χ3n) is 3.27. The number of rotatable bonds is 10. The van der Waals surface area contributed by atoms with Gasteiger partial charge in [0.25, 0.3) is 0 Å². The Balaban J connectivity index is 2.39. The third kappa shape index (κ3) is 5.90. The van der Waals surface area contributed by atoms with Crippen LogP contribution in [0.5, 0.6) is 5.75 Å². The number of nitrogens with one attached hydrogen (secondary N) is 1. The Bertz CT molecular complexity index is 353. The highest BCUT2D eigenvalue weighted by Crippen LogP contribution is 2.20. The number of benzene rings is 1. The van der Waals surface area contributed by atoms with Crippen molar-refractivity contribution in [2.24, 2.45) is 0 Å². The van der Waals surface area contributed by atoms with E-state index >= 15 is 0 Å². The molecule has 0 aliphatic heterocycles. The van der Waals surface area contributed by atoms with Crippen LogP contribution in [0.2, 0.25) is 0 Å². The van der Waals surface area contributed by atoms with Crippen LogP contribution in [-0.2, 0) is 0 Å². The lowest BCUT2D eigenvalue weighted by atomic mass is 10.0. The lowest BCUT2D eigenvalue weighted by Gasteiger charge is -2.18. The van der Waals surface area contributed by atoms with Crippen LogP contribution in [0, 0.1) is 0 Å². The predicted octanol–water partition coefficient (Wildman–Crippen LogP) is 2.26. The lowest BCUT2D eigenvalue weighted by molar-refractivity contribution is 0.0202. The molecule has 3 N–H and O–H groups in total. The second kappa shape index (κ2) is 9.75. The summed E-state index contributed by atoms with van der Waals surface area (Å²) in [5.74, 6) is 0.806. The first-order chi connectivity index (χ1) is 9.69. The Morgan fingerprint density at radius 1 is 1.10 bits per heavy atom. The molecule has 1 aromatic rings. The Morgan fingerprint density at radius 2 is 1.80 bits per heavy atom. The maximum atomic E-state index is 9.95. The van der Waals surface area contributed by atoms with E-state index in [4.69, 9.17) is 4.74 Å². The van der Waals surface area contributed by atoms with Gasteiger partial charge in [-0.1, -0.05) is 38.3 Å². The van der Waals surface area contributed by atoms with E-state index in [0.29, 0.717) is 12.1 Å². The maximum Gasteiger partial charge on any atom is 0.119 e. The molecule has 0 bridgehead atoms. The monoisotopic (exact) mass is 281 g/mol. The van der Waals surface area contributed by atoms with Crippen LogP contribution in [0.1, 0.15) is 44.3 Å². The predicted molar refractivity (Wildman–Crippen MR) is 81.0 cm³/mol. The summed E-state index contributed by atoms with van der Waals surface area (Å²) in [5, 5.41) is 22.5. The minimum atomic E-state index is -0.874. The average Bonchev–Trinajstić information content (AvgIpc) is 2.47. The van der Waals surface area contributed by atoms with Crippen molar-refractivity contribution in [3.05, 3.63) is 29.8 Å². The summed E-state index contributed by atoms with van der Waals surface area (Å²) in [7, 11) is 1.74. The van der Waals surface area contributed by atoms with E-state index in [0.717, 1.165) is 18.8 Å². The van der Waals surface area contributed by atoms with Gasteiger partial charge in [0.15, 0.2) is 0 Å². The topological polar surface area (TPSA) is 61.7 Å². The van der Waals surface area contributed by atoms with Crippen molar-refractivity contribution < 1.29 is 14.9 Å². The van der Waals surface area contributed by atoms with Crippen LogP contribution in [0.4, 0.5) is 0 Å². The van der Waals surface area contributed by atoms with Gasteiger partial charge >= 0.3 is 0 Å². The number of hydrogen-bond donors (Lipinski definition) is 3. The van der Waals surface area contributed by atoms with Crippen LogP contribution >= 0.6 is 0 Å². The summed E-state index contributed by atoms with van der Waals surface area (Å²) in [6, 6.07) is 7.27. The molecule has 0 heterocycles. The molecule has 0 saturated carbocycles. The molecule has 2 unspecified atom stereocenters. The largest absolute Gasteiger partial charge is 0.494 e. The van der Waals surface area contributed by atoms with E-state index in [1.54, 1.807) is 19.2 Å². The Labute approximate surface area is 121 Å². The SMILES string of the molecule is CCCCCCOc1ccc(C(O)C(O)CNC)cc1. The molecule has 0 radical (unpaired) electrons. The molecular formula is C16H27NO3. The zero-order chi connectivity index (χ0) is 14.8. The minimum Gasteiger partial charge on any atom is -0.494 e. The standard InChI is InChI=1S/C16H27NO3/c1-3-4-5-6-11-20-14-9-7-13(8-10-14)16(19)15(18)12-17-2/h7-10,15-19H,3-6,11-12H2,1-2H3. The second-order valence-electron chi connectivity index (χ2n) is 5.05. The van der Waals surface area contributed by atoms with Gasteiger partial charge in [-0.2, -0.15) is 0 Å². The van der Waals surface area contributed by atoms with Crippen LogP contribution < -0.4 is 10.1 Å². The number of likely N-dealkylation sites (N-methyl/N-ethyl adjacent to an activating group) is 1. The molecule has 0 aliphatic rings. The van der Waals surface area contributed by atoms with Crippen molar-refractivity contribution in [3.8, 4) is 5.75 Å². The molecule has 0 fully saturated rings. The molecule has 0 aromatic heterocycles. The first-order valence-corrected chi connectivity index (χ1v) is 7.42. The first kappa shape index (κ1) is 17.0. The number of hydrogen-bond acceptors (Lipinski definition) is 4. The molecular weight excluding hydrogens is 254 g/mol. The molecule has 0 saturated heterocycles. The van der Waals surface area contributed by atoms with E-state index < -0.39 is 12.2 Å². The molecule has 4 heteroatoms. The maximum absolute atomic E-state index is 9.95. The Kier molecular flexibility index (Phi) is 8.26. The van der Waals surface area contributed by atoms with Gasteiger partial charge in [0.2, 0.25) is 0 Å². The van der Waals surface area contributed by atoms with Gasteiger partial charge in [0, 0.05) is 6.54 Å². The van der Waals surface area contributed by atoms with Crippen LogP contribution in [0.15, 0.2) is 24.3 Å². The second-order valence-corrected chi connectivity index (χ2v) is 5.05. The normalized spacial score (nSPS) is 14.0. The molecule has 2 atom stereocenters. The summed E-state index contributed by atoms with van der Waals surface area (Å²) in [6.45, 7) is 3.27. The van der Waals surface area contributed by atoms with Crippen molar-refractivity contribution in [1.29, 1.82) is 0 Å². The van der Waals surface area contributed by atoms with Gasteiger partial charge in [-0.05, 0) is 31.2 Å². The first-order valence-electron chi connectivity index (χ1n) is 7.42. The highest BCUT2D eigenvalue weighted by molar-refractivity contribution is 5.29. The van der Waals surface area contributed by atoms with E-state index in [1.807, 2.05) is 12.1 Å².